The van der Waals surface area contributed by atoms with Crippen molar-refractivity contribution in [3.63, 3.8) is 0 Å². The second-order valence-corrected chi connectivity index (χ2v) is 5.85. The Labute approximate surface area is 126 Å². The first-order valence-electron chi connectivity index (χ1n) is 6.56. The minimum Gasteiger partial charge on any atom is -0.322 e. The molecule has 3 nitrogen and oxygen atoms in total. The predicted molar refractivity (Wildman–Crippen MR) is 85.5 cm³/mol. The van der Waals surface area contributed by atoms with Crippen LogP contribution in [0.4, 0.5) is 0 Å². The Bertz CT molecular complexity index is 729. The highest BCUT2D eigenvalue weighted by molar-refractivity contribution is 9.10. The Morgan fingerprint density at radius 2 is 1.95 bits per heavy atom. The Balaban J connectivity index is 1.89. The Hall–Kier alpha value is -1.65. The summed E-state index contributed by atoms with van der Waals surface area (Å²) in [7, 11) is 1.92. The number of nitrogens with zero attached hydrogens (tertiary/aromatic N) is 2. The van der Waals surface area contributed by atoms with Gasteiger partial charge in [0.15, 0.2) is 0 Å². The van der Waals surface area contributed by atoms with Gasteiger partial charge in [0.25, 0.3) is 0 Å². The number of fused-ring (bicyclic) bond motifs is 1. The first-order valence-corrected chi connectivity index (χ1v) is 7.35. The molecule has 0 amide bonds. The van der Waals surface area contributed by atoms with Crippen molar-refractivity contribution in [2.24, 2.45) is 12.8 Å². The highest BCUT2D eigenvalue weighted by atomic mass is 79.9. The predicted octanol–water partition coefficient (Wildman–Crippen LogP) is 3.58. The molecular formula is C16H16BrN3. The van der Waals surface area contributed by atoms with Crippen molar-refractivity contribution in [2.45, 2.75) is 12.5 Å². The third-order valence-electron chi connectivity index (χ3n) is 3.56. The molecule has 102 valence electrons. The van der Waals surface area contributed by atoms with E-state index in [0.29, 0.717) is 0 Å². The molecule has 0 aliphatic rings. The zero-order valence-electron chi connectivity index (χ0n) is 11.3. The van der Waals surface area contributed by atoms with E-state index in [0.717, 1.165) is 16.6 Å². The molecule has 0 saturated carbocycles. The van der Waals surface area contributed by atoms with Gasteiger partial charge in [-0.25, -0.2) is 0 Å². The van der Waals surface area contributed by atoms with Gasteiger partial charge in [0, 0.05) is 7.05 Å². The van der Waals surface area contributed by atoms with Crippen LogP contribution in [0, 0.1) is 0 Å². The highest BCUT2D eigenvalue weighted by Gasteiger charge is 2.15. The summed E-state index contributed by atoms with van der Waals surface area (Å²) in [5.41, 5.74) is 8.59. The SMILES string of the molecule is Cn1ncc(Br)c1C(N)Cc1ccc2ccccc2c1. The lowest BCUT2D eigenvalue weighted by atomic mass is 10.0. The lowest BCUT2D eigenvalue weighted by Gasteiger charge is -2.13. The third kappa shape index (κ3) is 2.49. The molecule has 1 heterocycles. The van der Waals surface area contributed by atoms with Crippen molar-refractivity contribution in [3.8, 4) is 0 Å². The van der Waals surface area contributed by atoms with Crippen LogP contribution in [0.15, 0.2) is 53.1 Å². The van der Waals surface area contributed by atoms with Gasteiger partial charge in [-0.3, -0.25) is 4.68 Å². The number of rotatable bonds is 3. The first kappa shape index (κ1) is 13.3. The minimum atomic E-state index is -0.0713. The second-order valence-electron chi connectivity index (χ2n) is 4.99. The molecule has 3 aromatic rings. The normalized spacial score (nSPS) is 12.8. The van der Waals surface area contributed by atoms with Crippen LogP contribution in [0.2, 0.25) is 0 Å². The lowest BCUT2D eigenvalue weighted by Crippen LogP contribution is -2.17. The quantitative estimate of drug-likeness (QED) is 0.798. The number of hydrogen-bond acceptors (Lipinski definition) is 2. The van der Waals surface area contributed by atoms with Gasteiger partial charge in [-0.2, -0.15) is 5.10 Å². The smallest absolute Gasteiger partial charge is 0.0693 e. The number of benzene rings is 2. The van der Waals surface area contributed by atoms with Gasteiger partial charge in [-0.1, -0.05) is 42.5 Å². The Morgan fingerprint density at radius 1 is 1.20 bits per heavy atom. The maximum Gasteiger partial charge on any atom is 0.0693 e. The molecule has 0 spiro atoms. The summed E-state index contributed by atoms with van der Waals surface area (Å²) in [5.74, 6) is 0. The number of hydrogen-bond donors (Lipinski definition) is 1. The van der Waals surface area contributed by atoms with E-state index in [1.165, 1.54) is 16.3 Å². The van der Waals surface area contributed by atoms with Gasteiger partial charge in [-0.15, -0.1) is 0 Å². The van der Waals surface area contributed by atoms with E-state index in [9.17, 15) is 0 Å². The van der Waals surface area contributed by atoms with Crippen molar-refractivity contribution in [1.29, 1.82) is 0 Å². The summed E-state index contributed by atoms with van der Waals surface area (Å²) in [6.07, 6.45) is 2.58. The van der Waals surface area contributed by atoms with E-state index in [4.69, 9.17) is 5.73 Å². The maximum absolute atomic E-state index is 6.33. The maximum atomic E-state index is 6.33. The molecule has 1 unspecified atom stereocenters. The molecule has 1 atom stereocenters. The lowest BCUT2D eigenvalue weighted by molar-refractivity contribution is 0.615. The fourth-order valence-electron chi connectivity index (χ4n) is 2.55. The number of aromatic nitrogens is 2. The van der Waals surface area contributed by atoms with Crippen LogP contribution in [0.3, 0.4) is 0 Å². The standard InChI is InChI=1S/C16H16BrN3/c1-20-16(14(17)10-19-20)15(18)9-11-6-7-12-4-2-3-5-13(12)8-11/h2-8,10,15H,9,18H2,1H3. The molecule has 3 rings (SSSR count). The summed E-state index contributed by atoms with van der Waals surface area (Å²) in [5, 5.41) is 6.73. The molecular weight excluding hydrogens is 314 g/mol. The van der Waals surface area contributed by atoms with E-state index in [1.54, 1.807) is 6.20 Å². The second kappa shape index (κ2) is 5.38. The van der Waals surface area contributed by atoms with Gasteiger partial charge < -0.3 is 5.73 Å². The molecule has 4 heteroatoms. The van der Waals surface area contributed by atoms with E-state index >= 15 is 0 Å². The largest absolute Gasteiger partial charge is 0.322 e. The van der Waals surface area contributed by atoms with Crippen LogP contribution in [0.5, 0.6) is 0 Å². The van der Waals surface area contributed by atoms with E-state index < -0.39 is 0 Å². The summed E-state index contributed by atoms with van der Waals surface area (Å²) in [6.45, 7) is 0. The summed E-state index contributed by atoms with van der Waals surface area (Å²) >= 11 is 3.51. The van der Waals surface area contributed by atoms with Crippen molar-refractivity contribution in [2.75, 3.05) is 0 Å². The van der Waals surface area contributed by atoms with Crippen LogP contribution in [-0.4, -0.2) is 9.78 Å². The average molecular weight is 330 g/mol. The number of halogens is 1. The van der Waals surface area contributed by atoms with Gasteiger partial charge in [0.1, 0.15) is 0 Å². The molecule has 0 aliphatic carbocycles. The van der Waals surface area contributed by atoms with E-state index in [2.05, 4.69) is 63.5 Å². The van der Waals surface area contributed by atoms with Gasteiger partial charge in [0.05, 0.1) is 22.4 Å². The van der Waals surface area contributed by atoms with Gasteiger partial charge >= 0.3 is 0 Å². The zero-order valence-corrected chi connectivity index (χ0v) is 12.8. The summed E-state index contributed by atoms with van der Waals surface area (Å²) < 4.78 is 2.80. The molecule has 0 fully saturated rings. The number of aryl methyl sites for hydroxylation is 1. The van der Waals surface area contributed by atoms with Crippen LogP contribution in [0.25, 0.3) is 10.8 Å². The summed E-state index contributed by atoms with van der Waals surface area (Å²) in [4.78, 5) is 0. The molecule has 0 radical (unpaired) electrons. The van der Waals surface area contributed by atoms with Crippen molar-refractivity contribution < 1.29 is 0 Å². The molecule has 0 aliphatic heterocycles. The molecule has 1 aromatic heterocycles. The van der Waals surface area contributed by atoms with Crippen molar-refractivity contribution in [3.05, 3.63) is 64.4 Å². The first-order chi connectivity index (χ1) is 9.65. The monoisotopic (exact) mass is 329 g/mol. The Morgan fingerprint density at radius 3 is 2.65 bits per heavy atom. The number of nitrogens with two attached hydrogens (primary N) is 1. The third-order valence-corrected chi connectivity index (χ3v) is 4.17. The summed E-state index contributed by atoms with van der Waals surface area (Å²) in [6, 6.07) is 14.8. The fraction of sp³-hybridized carbons (Fsp3) is 0.188. The fourth-order valence-corrected chi connectivity index (χ4v) is 3.20. The minimum absolute atomic E-state index is 0.0713. The molecule has 2 N–H and O–H groups in total. The average Bonchev–Trinajstić information content (AvgIpc) is 2.78. The highest BCUT2D eigenvalue weighted by Crippen LogP contribution is 2.25. The van der Waals surface area contributed by atoms with E-state index in [1.807, 2.05) is 11.7 Å². The topological polar surface area (TPSA) is 43.8 Å². The van der Waals surface area contributed by atoms with Crippen molar-refractivity contribution >= 4 is 26.7 Å². The zero-order chi connectivity index (χ0) is 14.1. The molecule has 20 heavy (non-hydrogen) atoms. The van der Waals surface area contributed by atoms with Crippen LogP contribution < -0.4 is 5.73 Å². The van der Waals surface area contributed by atoms with Crippen molar-refractivity contribution in [1.82, 2.24) is 9.78 Å². The van der Waals surface area contributed by atoms with Crippen LogP contribution in [-0.2, 0) is 13.5 Å². The Kier molecular flexibility index (Phi) is 3.59. The molecule has 0 bridgehead atoms. The van der Waals surface area contributed by atoms with E-state index in [-0.39, 0.29) is 6.04 Å². The van der Waals surface area contributed by atoms with Gasteiger partial charge in [0.2, 0.25) is 0 Å². The molecule has 0 saturated heterocycles. The van der Waals surface area contributed by atoms with Crippen LogP contribution >= 0.6 is 15.9 Å². The van der Waals surface area contributed by atoms with Gasteiger partial charge in [-0.05, 0) is 38.7 Å². The van der Waals surface area contributed by atoms with Crippen LogP contribution in [0.1, 0.15) is 17.3 Å². The molecule has 2 aromatic carbocycles.